The number of rotatable bonds is 3. The fourth-order valence-electron chi connectivity index (χ4n) is 2.53. The molecule has 2 aliphatic heterocycles. The Kier molecular flexibility index (Phi) is 3.85. The molecule has 1 aromatic rings. The van der Waals surface area contributed by atoms with E-state index in [9.17, 15) is 4.79 Å². The van der Waals surface area contributed by atoms with Gasteiger partial charge in [0.1, 0.15) is 0 Å². The average molecular weight is 341 g/mol. The predicted molar refractivity (Wildman–Crippen MR) is 77.8 cm³/mol. The van der Waals surface area contributed by atoms with Gasteiger partial charge in [0.05, 0.1) is 0 Å². The molecule has 1 amide bonds. The van der Waals surface area contributed by atoms with E-state index in [1.54, 1.807) is 4.90 Å². The maximum atomic E-state index is 11.5. The third-order valence-electron chi connectivity index (χ3n) is 3.75. The lowest BCUT2D eigenvalue weighted by Gasteiger charge is -2.30. The van der Waals surface area contributed by atoms with E-state index in [2.05, 4.69) is 21.2 Å². The van der Waals surface area contributed by atoms with Gasteiger partial charge in [-0.3, -0.25) is 4.79 Å². The second-order valence-corrected chi connectivity index (χ2v) is 6.04. The van der Waals surface area contributed by atoms with Crippen LogP contribution in [0.15, 0.2) is 16.6 Å². The summed E-state index contributed by atoms with van der Waals surface area (Å²) in [6.07, 6.45) is 1.52. The second-order valence-electron chi connectivity index (χ2n) is 5.19. The summed E-state index contributed by atoms with van der Waals surface area (Å²) in [5.41, 5.74) is 1.13. The van der Waals surface area contributed by atoms with Crippen LogP contribution in [0.25, 0.3) is 0 Å². The summed E-state index contributed by atoms with van der Waals surface area (Å²) in [5, 5.41) is 3.50. The fraction of sp³-hybridized carbons (Fsp3) is 0.500. The molecule has 0 saturated carbocycles. The Bertz CT molecular complexity index is 535. The molecule has 1 fully saturated rings. The highest BCUT2D eigenvalue weighted by molar-refractivity contribution is 9.10. The molecule has 1 N–H and O–H groups in total. The van der Waals surface area contributed by atoms with Gasteiger partial charge < -0.3 is 19.7 Å². The third-order valence-corrected chi connectivity index (χ3v) is 4.49. The maximum Gasteiger partial charge on any atom is 0.231 e. The number of likely N-dealkylation sites (N-methyl/N-ethyl adjacent to an activating group) is 1. The zero-order chi connectivity index (χ0) is 14.1. The molecule has 1 aromatic carbocycles. The predicted octanol–water partition coefficient (Wildman–Crippen LogP) is 1.89. The number of nitrogens with one attached hydrogen (secondary N) is 1. The first-order valence-electron chi connectivity index (χ1n) is 6.69. The Balaban J connectivity index is 1.63. The molecule has 1 saturated heterocycles. The van der Waals surface area contributed by atoms with Crippen LogP contribution in [0.1, 0.15) is 18.4 Å². The van der Waals surface area contributed by atoms with Crippen molar-refractivity contribution in [3.8, 4) is 11.5 Å². The number of hydrogen-bond acceptors (Lipinski definition) is 4. The molecule has 2 aliphatic rings. The Morgan fingerprint density at radius 3 is 2.90 bits per heavy atom. The fourth-order valence-corrected chi connectivity index (χ4v) is 2.99. The van der Waals surface area contributed by atoms with Crippen molar-refractivity contribution < 1.29 is 14.3 Å². The number of ether oxygens (including phenoxy) is 2. The summed E-state index contributed by atoms with van der Waals surface area (Å²) in [7, 11) is 1.85. The van der Waals surface area contributed by atoms with Gasteiger partial charge in [0, 0.05) is 37.1 Å². The second kappa shape index (κ2) is 5.61. The van der Waals surface area contributed by atoms with Crippen LogP contribution < -0.4 is 14.8 Å². The summed E-state index contributed by atoms with van der Waals surface area (Å²) < 4.78 is 11.7. The molecule has 1 unspecified atom stereocenters. The van der Waals surface area contributed by atoms with Crippen LogP contribution in [0.2, 0.25) is 0 Å². The van der Waals surface area contributed by atoms with Crippen LogP contribution in [0.4, 0.5) is 0 Å². The highest BCUT2D eigenvalue weighted by Gasteiger charge is 2.23. The van der Waals surface area contributed by atoms with Gasteiger partial charge >= 0.3 is 0 Å². The molecule has 0 aromatic heterocycles. The number of benzene rings is 1. The molecule has 0 bridgehead atoms. The smallest absolute Gasteiger partial charge is 0.231 e. The maximum absolute atomic E-state index is 11.5. The molecule has 2 heterocycles. The molecule has 0 aliphatic carbocycles. The van der Waals surface area contributed by atoms with Crippen molar-refractivity contribution in [2.75, 3.05) is 20.4 Å². The van der Waals surface area contributed by atoms with Crippen molar-refractivity contribution >= 4 is 21.8 Å². The molecular formula is C14H17BrN2O3. The molecule has 0 radical (unpaired) electrons. The van der Waals surface area contributed by atoms with E-state index in [4.69, 9.17) is 9.47 Å². The Hall–Kier alpha value is -1.27. The van der Waals surface area contributed by atoms with Crippen molar-refractivity contribution in [2.45, 2.75) is 25.4 Å². The summed E-state index contributed by atoms with van der Waals surface area (Å²) in [6, 6.07) is 4.28. The van der Waals surface area contributed by atoms with Crippen LogP contribution >= 0.6 is 15.9 Å². The van der Waals surface area contributed by atoms with Crippen LogP contribution in [0.5, 0.6) is 11.5 Å². The van der Waals surface area contributed by atoms with Gasteiger partial charge in [0.15, 0.2) is 11.5 Å². The first-order chi connectivity index (χ1) is 9.63. The molecule has 5 nitrogen and oxygen atoms in total. The van der Waals surface area contributed by atoms with E-state index in [0.29, 0.717) is 12.5 Å². The van der Waals surface area contributed by atoms with Crippen LogP contribution in [-0.2, 0) is 11.3 Å². The Morgan fingerprint density at radius 2 is 2.15 bits per heavy atom. The molecular weight excluding hydrogens is 324 g/mol. The summed E-state index contributed by atoms with van der Waals surface area (Å²) in [6.45, 7) is 1.79. The van der Waals surface area contributed by atoms with Gasteiger partial charge in [-0.2, -0.15) is 0 Å². The first kappa shape index (κ1) is 13.7. The lowest BCUT2D eigenvalue weighted by atomic mass is 10.1. The number of carbonyl (C=O) groups is 1. The average Bonchev–Trinajstić information content (AvgIpc) is 2.87. The highest BCUT2D eigenvalue weighted by Crippen LogP contribution is 2.36. The summed E-state index contributed by atoms with van der Waals surface area (Å²) >= 11 is 3.56. The summed E-state index contributed by atoms with van der Waals surface area (Å²) in [5.74, 6) is 1.80. The lowest BCUT2D eigenvalue weighted by molar-refractivity contribution is -0.132. The minimum absolute atomic E-state index is 0.229. The topological polar surface area (TPSA) is 50.8 Å². The molecule has 20 heavy (non-hydrogen) atoms. The third kappa shape index (κ3) is 2.76. The highest BCUT2D eigenvalue weighted by atomic mass is 79.9. The van der Waals surface area contributed by atoms with Crippen molar-refractivity contribution in [2.24, 2.45) is 0 Å². The van der Waals surface area contributed by atoms with E-state index in [-0.39, 0.29) is 12.7 Å². The number of amides is 1. The van der Waals surface area contributed by atoms with Crippen molar-refractivity contribution in [1.29, 1.82) is 0 Å². The van der Waals surface area contributed by atoms with Gasteiger partial charge in [-0.15, -0.1) is 0 Å². The number of fused-ring (bicyclic) bond motifs is 1. The largest absolute Gasteiger partial charge is 0.454 e. The lowest BCUT2D eigenvalue weighted by Crippen LogP contribution is -2.46. The van der Waals surface area contributed by atoms with E-state index in [1.165, 1.54) is 0 Å². The Morgan fingerprint density at radius 1 is 1.40 bits per heavy atom. The van der Waals surface area contributed by atoms with E-state index < -0.39 is 0 Å². The minimum atomic E-state index is 0.229. The number of nitrogens with zero attached hydrogens (tertiary/aromatic N) is 1. The van der Waals surface area contributed by atoms with Crippen LogP contribution in [0.3, 0.4) is 0 Å². The van der Waals surface area contributed by atoms with Gasteiger partial charge in [-0.1, -0.05) is 15.9 Å². The van der Waals surface area contributed by atoms with Gasteiger partial charge in [0.2, 0.25) is 12.7 Å². The van der Waals surface area contributed by atoms with Crippen molar-refractivity contribution in [3.63, 3.8) is 0 Å². The zero-order valence-corrected chi connectivity index (χ0v) is 12.9. The van der Waals surface area contributed by atoms with Gasteiger partial charge in [-0.25, -0.2) is 0 Å². The van der Waals surface area contributed by atoms with E-state index >= 15 is 0 Å². The van der Waals surface area contributed by atoms with E-state index in [1.807, 2.05) is 19.2 Å². The number of piperidine rings is 1. The van der Waals surface area contributed by atoms with Crippen LogP contribution in [-0.4, -0.2) is 37.2 Å². The molecule has 3 rings (SSSR count). The number of halogens is 1. The normalized spacial score (nSPS) is 21.4. The monoisotopic (exact) mass is 340 g/mol. The first-order valence-corrected chi connectivity index (χ1v) is 7.48. The quantitative estimate of drug-likeness (QED) is 0.912. The number of carbonyl (C=O) groups excluding carboxylic acids is 1. The number of likely N-dealkylation sites (tertiary alicyclic amines) is 1. The molecule has 1 atom stereocenters. The van der Waals surface area contributed by atoms with Gasteiger partial charge in [-0.05, 0) is 24.1 Å². The molecule has 108 valence electrons. The SMILES string of the molecule is CN1CC(NCc2cc3c(cc2Br)OCO3)CCC1=O. The van der Waals surface area contributed by atoms with Crippen molar-refractivity contribution in [1.82, 2.24) is 10.2 Å². The van der Waals surface area contributed by atoms with Crippen LogP contribution in [0, 0.1) is 0 Å². The van der Waals surface area contributed by atoms with Gasteiger partial charge in [0.25, 0.3) is 0 Å². The summed E-state index contributed by atoms with van der Waals surface area (Å²) in [4.78, 5) is 13.2. The van der Waals surface area contributed by atoms with E-state index in [0.717, 1.165) is 41.0 Å². The molecule has 0 spiro atoms. The minimum Gasteiger partial charge on any atom is -0.454 e. The number of hydrogen-bond donors (Lipinski definition) is 1. The standard InChI is InChI=1S/C14H17BrN2O3/c1-17-7-10(2-3-14(17)18)16-6-9-4-12-13(5-11(9)15)20-8-19-12/h4-5,10,16H,2-3,6-8H2,1H3. The Labute approximate surface area is 126 Å². The van der Waals surface area contributed by atoms with Crippen molar-refractivity contribution in [3.05, 3.63) is 22.2 Å². The zero-order valence-electron chi connectivity index (χ0n) is 11.3. The molecule has 6 heteroatoms.